The Morgan fingerprint density at radius 1 is 1.12 bits per heavy atom. The van der Waals surface area contributed by atoms with Crippen LogP contribution in [-0.4, -0.2) is 54.3 Å². The number of hydrogen-bond acceptors (Lipinski definition) is 6. The van der Waals surface area contributed by atoms with Crippen LogP contribution in [0.2, 0.25) is 0 Å². The Morgan fingerprint density at radius 3 is 2.04 bits per heavy atom. The van der Waals surface area contributed by atoms with E-state index in [1.807, 2.05) is 34.6 Å². The van der Waals surface area contributed by atoms with Gasteiger partial charge in [0, 0.05) is 26.6 Å². The van der Waals surface area contributed by atoms with E-state index in [9.17, 15) is 15.0 Å². The summed E-state index contributed by atoms with van der Waals surface area (Å²) in [4.78, 5) is 10.2. The number of carbonyl (C=O) groups is 1. The number of unbranched alkanes of at least 4 members (excludes halogenated alkanes) is 2. The highest BCUT2D eigenvalue weighted by Gasteiger charge is 2.50. The molecule has 0 amide bonds. The summed E-state index contributed by atoms with van der Waals surface area (Å²) in [7, 11) is 1.09. The molecular weight excluding hydrogens is 311 g/mol. The minimum Gasteiger partial charge on any atom is -0.400 e. The lowest BCUT2D eigenvalue weighted by Gasteiger charge is -2.32. The monoisotopic (exact) mass is 344 g/mol. The summed E-state index contributed by atoms with van der Waals surface area (Å²) < 4.78 is 16.0. The van der Waals surface area contributed by atoms with Crippen LogP contribution in [0.5, 0.6) is 0 Å². The summed E-state index contributed by atoms with van der Waals surface area (Å²) in [6.45, 7) is 10.5. The molecule has 0 unspecified atom stereocenters. The van der Waals surface area contributed by atoms with Crippen molar-refractivity contribution in [3.05, 3.63) is 12.1 Å². The third-order valence-corrected chi connectivity index (χ3v) is 4.20. The fourth-order valence-electron chi connectivity index (χ4n) is 1.90. The molecule has 0 bridgehead atoms. The number of aliphatic hydroxyl groups is 2. The number of rotatable bonds is 8. The van der Waals surface area contributed by atoms with Crippen LogP contribution in [0.1, 0.15) is 60.3 Å². The van der Waals surface area contributed by atoms with E-state index in [1.165, 1.54) is 12.1 Å². The first kappa shape index (κ1) is 23.3. The molecule has 140 valence electrons. The van der Waals surface area contributed by atoms with E-state index in [0.29, 0.717) is 19.3 Å². The minimum absolute atomic E-state index is 0.177. The summed E-state index contributed by atoms with van der Waals surface area (Å²) in [6, 6.07) is 0. The minimum atomic E-state index is -1.90. The molecule has 0 aromatic heterocycles. The van der Waals surface area contributed by atoms with E-state index in [2.05, 4.69) is 4.74 Å². The highest BCUT2D eigenvalue weighted by molar-refractivity contribution is 6.51. The molecule has 1 rings (SSSR count). The van der Waals surface area contributed by atoms with E-state index in [-0.39, 0.29) is 6.42 Å². The smallest absolute Gasteiger partial charge is 0.400 e. The standard InChI is InChI=1S/C14H25BO5.C3H8O/c1-12(2)13(3,4)20-15(19-12)10-9-14(17,18)8-6-5-7-11-16;1-3-4-2/h9-11,17-18H,5-8H2,1-4H3;3H2,1-2H3/b10-9+;. The largest absolute Gasteiger partial charge is 0.486 e. The highest BCUT2D eigenvalue weighted by atomic mass is 16.7. The Balaban J connectivity index is 0.00000118. The maximum absolute atomic E-state index is 10.2. The van der Waals surface area contributed by atoms with E-state index in [4.69, 9.17) is 9.31 Å². The van der Waals surface area contributed by atoms with Gasteiger partial charge in [-0.2, -0.15) is 0 Å². The van der Waals surface area contributed by atoms with Gasteiger partial charge in [0.1, 0.15) is 6.29 Å². The third-order valence-electron chi connectivity index (χ3n) is 4.20. The van der Waals surface area contributed by atoms with E-state index in [1.54, 1.807) is 7.11 Å². The molecular formula is C17H33BO6. The summed E-state index contributed by atoms with van der Waals surface area (Å²) >= 11 is 0. The average molecular weight is 344 g/mol. The molecule has 0 spiro atoms. The lowest BCUT2D eigenvalue weighted by atomic mass is 9.88. The lowest BCUT2D eigenvalue weighted by Crippen LogP contribution is -2.41. The second-order valence-corrected chi connectivity index (χ2v) is 6.85. The fraction of sp³-hybridized carbons (Fsp3) is 0.824. The third kappa shape index (κ3) is 8.40. The van der Waals surface area contributed by atoms with Gasteiger partial charge in [0.15, 0.2) is 5.79 Å². The van der Waals surface area contributed by atoms with Crippen molar-refractivity contribution in [2.45, 2.75) is 77.3 Å². The molecule has 1 fully saturated rings. The molecule has 1 aliphatic rings. The van der Waals surface area contributed by atoms with Crippen LogP contribution in [0.15, 0.2) is 12.1 Å². The van der Waals surface area contributed by atoms with Crippen molar-refractivity contribution in [2.24, 2.45) is 0 Å². The van der Waals surface area contributed by atoms with Crippen molar-refractivity contribution in [2.75, 3.05) is 13.7 Å². The Bertz CT molecular complexity index is 375. The number of carbonyl (C=O) groups excluding carboxylic acids is 1. The molecule has 0 aromatic rings. The second-order valence-electron chi connectivity index (χ2n) is 6.85. The number of hydrogen-bond donors (Lipinski definition) is 2. The van der Waals surface area contributed by atoms with Crippen LogP contribution in [0.3, 0.4) is 0 Å². The van der Waals surface area contributed by atoms with Crippen LogP contribution in [0.25, 0.3) is 0 Å². The molecule has 2 N–H and O–H groups in total. The highest BCUT2D eigenvalue weighted by Crippen LogP contribution is 2.37. The molecule has 1 heterocycles. The van der Waals surface area contributed by atoms with Gasteiger partial charge in [0.25, 0.3) is 0 Å². The van der Waals surface area contributed by atoms with Crippen molar-refractivity contribution in [1.29, 1.82) is 0 Å². The first-order valence-electron chi connectivity index (χ1n) is 8.43. The predicted octanol–water partition coefficient (Wildman–Crippen LogP) is 2.27. The van der Waals surface area contributed by atoms with Crippen LogP contribution in [0.4, 0.5) is 0 Å². The van der Waals surface area contributed by atoms with Crippen LogP contribution in [0, 0.1) is 0 Å². The van der Waals surface area contributed by atoms with E-state index >= 15 is 0 Å². The topological polar surface area (TPSA) is 85.2 Å². The summed E-state index contributed by atoms with van der Waals surface area (Å²) in [6.07, 6.45) is 3.96. The normalized spacial score (nSPS) is 19.2. The van der Waals surface area contributed by atoms with Gasteiger partial charge in [-0.05, 0) is 53.5 Å². The Kier molecular flexibility index (Phi) is 10.00. The van der Waals surface area contributed by atoms with E-state index < -0.39 is 24.1 Å². The number of ether oxygens (including phenoxy) is 1. The summed E-state index contributed by atoms with van der Waals surface area (Å²) in [5, 5.41) is 19.6. The number of aldehydes is 1. The molecule has 0 saturated carbocycles. The van der Waals surface area contributed by atoms with Gasteiger partial charge in [0.05, 0.1) is 11.2 Å². The lowest BCUT2D eigenvalue weighted by molar-refractivity contribution is -0.124. The summed E-state index contributed by atoms with van der Waals surface area (Å²) in [5.41, 5.74) is -0.890. The zero-order valence-corrected chi connectivity index (χ0v) is 15.9. The van der Waals surface area contributed by atoms with Gasteiger partial charge >= 0.3 is 7.12 Å². The predicted molar refractivity (Wildman–Crippen MR) is 94.5 cm³/mol. The van der Waals surface area contributed by atoms with Crippen molar-refractivity contribution < 1.29 is 29.1 Å². The van der Waals surface area contributed by atoms with Crippen LogP contribution < -0.4 is 0 Å². The van der Waals surface area contributed by atoms with Gasteiger partial charge in [0.2, 0.25) is 0 Å². The quantitative estimate of drug-likeness (QED) is 0.304. The summed E-state index contributed by atoms with van der Waals surface area (Å²) in [5.74, 6) is -0.372. The van der Waals surface area contributed by atoms with Crippen LogP contribution >= 0.6 is 0 Å². The van der Waals surface area contributed by atoms with Crippen molar-refractivity contribution >= 4 is 13.4 Å². The SMILES string of the molecule is CC1(C)OB(/C=C/C(O)(O)CCCCC=O)OC1(C)C.CCOC. The molecule has 1 saturated heterocycles. The number of methoxy groups -OCH3 is 1. The van der Waals surface area contributed by atoms with E-state index in [0.717, 1.165) is 12.9 Å². The molecule has 6 nitrogen and oxygen atoms in total. The fourth-order valence-corrected chi connectivity index (χ4v) is 1.90. The van der Waals surface area contributed by atoms with Gasteiger partial charge in [-0.15, -0.1) is 0 Å². The molecule has 0 aromatic carbocycles. The molecule has 0 atom stereocenters. The molecule has 24 heavy (non-hydrogen) atoms. The molecule has 0 radical (unpaired) electrons. The van der Waals surface area contributed by atoms with Crippen molar-refractivity contribution in [1.82, 2.24) is 0 Å². The zero-order valence-electron chi connectivity index (χ0n) is 15.9. The van der Waals surface area contributed by atoms with Gasteiger partial charge in [-0.25, -0.2) is 0 Å². The molecule has 1 aliphatic heterocycles. The van der Waals surface area contributed by atoms with Crippen molar-refractivity contribution in [3.63, 3.8) is 0 Å². The molecule has 7 heteroatoms. The van der Waals surface area contributed by atoms with Crippen LogP contribution in [-0.2, 0) is 18.8 Å². The van der Waals surface area contributed by atoms with Gasteiger partial charge in [-0.3, -0.25) is 0 Å². The Hall–Kier alpha value is -0.725. The zero-order chi connectivity index (χ0) is 18.9. The van der Waals surface area contributed by atoms with Gasteiger partial charge < -0.3 is 29.1 Å². The van der Waals surface area contributed by atoms with Gasteiger partial charge in [-0.1, -0.05) is 5.98 Å². The average Bonchev–Trinajstić information content (AvgIpc) is 2.70. The first-order chi connectivity index (χ1) is 11.0. The van der Waals surface area contributed by atoms with Crippen molar-refractivity contribution in [3.8, 4) is 0 Å². The maximum Gasteiger partial charge on any atom is 0.486 e. The maximum atomic E-state index is 10.2. The first-order valence-corrected chi connectivity index (χ1v) is 8.43. The molecule has 0 aliphatic carbocycles. The Morgan fingerprint density at radius 2 is 1.62 bits per heavy atom. The second kappa shape index (κ2) is 10.3. The Labute approximate surface area is 146 Å².